The predicted molar refractivity (Wildman–Crippen MR) is 182 cm³/mol. The van der Waals surface area contributed by atoms with Crippen molar-refractivity contribution in [2.75, 3.05) is 24.8 Å². The number of esters is 1. The van der Waals surface area contributed by atoms with Crippen LogP contribution in [0.2, 0.25) is 0 Å². The van der Waals surface area contributed by atoms with Crippen LogP contribution in [0.5, 0.6) is 11.5 Å². The second-order valence-corrected chi connectivity index (χ2v) is 14.0. The fourth-order valence-corrected chi connectivity index (χ4v) is 6.42. The Labute approximate surface area is 275 Å². The molecular formula is C35H42N4O7S. The zero-order valence-corrected chi connectivity index (χ0v) is 28.3. The third kappa shape index (κ3) is 8.31. The molecule has 3 aromatic carbocycles. The van der Waals surface area contributed by atoms with Crippen LogP contribution in [0.1, 0.15) is 64.3 Å². The van der Waals surface area contributed by atoms with E-state index in [-0.39, 0.29) is 23.0 Å². The Hall–Kier alpha value is -4.84. The largest absolute Gasteiger partial charge is 0.490 e. The number of nitrogen functional groups attached to an aromatic ring is 1. The number of sulfone groups is 1. The van der Waals surface area contributed by atoms with Gasteiger partial charge in [-0.2, -0.15) is 0 Å². The lowest BCUT2D eigenvalue weighted by atomic mass is 10.0. The van der Waals surface area contributed by atoms with Gasteiger partial charge in [0.1, 0.15) is 11.9 Å². The van der Waals surface area contributed by atoms with Crippen molar-refractivity contribution in [3.05, 3.63) is 84.1 Å². The number of carbonyl (C=O) groups is 2. The summed E-state index contributed by atoms with van der Waals surface area (Å²) < 4.78 is 43.5. The Morgan fingerprint density at radius 1 is 0.957 bits per heavy atom. The number of benzene rings is 3. The van der Waals surface area contributed by atoms with Gasteiger partial charge in [0.05, 0.1) is 42.4 Å². The third-order valence-electron chi connectivity index (χ3n) is 7.47. The molecule has 0 saturated carbocycles. The summed E-state index contributed by atoms with van der Waals surface area (Å²) >= 11 is 0. The van der Waals surface area contributed by atoms with E-state index < -0.39 is 39.0 Å². The van der Waals surface area contributed by atoms with Crippen LogP contribution in [-0.2, 0) is 24.2 Å². The SMILES string of the molecule is CCOc1cc([C@@H](Nc2ccc3c(N)nccc3c2)C(=O)NC(CC(=O)OC)c2ccccc2S(=O)(=O)C(C)C)ccc1OC(C)C. The maximum atomic E-state index is 14.4. The van der Waals surface area contributed by atoms with Crippen LogP contribution in [-0.4, -0.2) is 50.3 Å². The summed E-state index contributed by atoms with van der Waals surface area (Å²) in [5.41, 5.74) is 7.49. The van der Waals surface area contributed by atoms with E-state index in [1.54, 1.807) is 62.5 Å². The molecule has 2 atom stereocenters. The zero-order valence-electron chi connectivity index (χ0n) is 27.4. The second kappa shape index (κ2) is 15.2. The van der Waals surface area contributed by atoms with Crippen LogP contribution in [0.3, 0.4) is 0 Å². The fourth-order valence-electron chi connectivity index (χ4n) is 5.11. The lowest BCUT2D eigenvalue weighted by molar-refractivity contribution is -0.141. The van der Waals surface area contributed by atoms with E-state index in [1.165, 1.54) is 13.2 Å². The van der Waals surface area contributed by atoms with E-state index in [0.29, 0.717) is 35.2 Å². The summed E-state index contributed by atoms with van der Waals surface area (Å²) in [7, 11) is -2.53. The Morgan fingerprint density at radius 3 is 2.38 bits per heavy atom. The first-order valence-corrected chi connectivity index (χ1v) is 16.9. The number of nitrogens with one attached hydrogen (secondary N) is 2. The maximum absolute atomic E-state index is 14.4. The maximum Gasteiger partial charge on any atom is 0.307 e. The highest BCUT2D eigenvalue weighted by molar-refractivity contribution is 7.92. The van der Waals surface area contributed by atoms with Crippen molar-refractivity contribution < 1.29 is 32.2 Å². The molecule has 1 unspecified atom stereocenters. The number of pyridine rings is 1. The number of anilines is 2. The predicted octanol–water partition coefficient (Wildman–Crippen LogP) is 5.76. The van der Waals surface area contributed by atoms with Gasteiger partial charge in [0.15, 0.2) is 21.3 Å². The number of methoxy groups -OCH3 is 1. The van der Waals surface area contributed by atoms with Crippen molar-refractivity contribution in [1.29, 1.82) is 0 Å². The van der Waals surface area contributed by atoms with Crippen LogP contribution < -0.4 is 25.8 Å². The first-order chi connectivity index (χ1) is 22.3. The van der Waals surface area contributed by atoms with Crippen LogP contribution in [0, 0.1) is 0 Å². The summed E-state index contributed by atoms with van der Waals surface area (Å²) in [6.07, 6.45) is 1.19. The highest BCUT2D eigenvalue weighted by atomic mass is 32.2. The number of nitrogens with two attached hydrogens (primary N) is 1. The quantitative estimate of drug-likeness (QED) is 0.142. The molecule has 0 saturated heterocycles. The Bertz CT molecular complexity index is 1840. The first-order valence-electron chi connectivity index (χ1n) is 15.4. The number of carbonyl (C=O) groups excluding carboxylic acids is 2. The molecule has 0 radical (unpaired) electrons. The number of hydrogen-bond donors (Lipinski definition) is 3. The molecule has 1 amide bonds. The second-order valence-electron chi connectivity index (χ2n) is 11.5. The van der Waals surface area contributed by atoms with Crippen molar-refractivity contribution in [3.63, 3.8) is 0 Å². The summed E-state index contributed by atoms with van der Waals surface area (Å²) in [5, 5.41) is 7.11. The molecule has 12 heteroatoms. The summed E-state index contributed by atoms with van der Waals surface area (Å²) in [6.45, 7) is 9.19. The van der Waals surface area contributed by atoms with Gasteiger partial charge in [0, 0.05) is 17.3 Å². The van der Waals surface area contributed by atoms with Crippen LogP contribution >= 0.6 is 0 Å². The lowest BCUT2D eigenvalue weighted by Crippen LogP contribution is -2.38. The van der Waals surface area contributed by atoms with Crippen LogP contribution in [0.4, 0.5) is 11.5 Å². The van der Waals surface area contributed by atoms with Gasteiger partial charge < -0.3 is 30.6 Å². The highest BCUT2D eigenvalue weighted by Gasteiger charge is 2.31. The summed E-state index contributed by atoms with van der Waals surface area (Å²) in [5.74, 6) is 0.215. The smallest absolute Gasteiger partial charge is 0.307 e. The van der Waals surface area contributed by atoms with E-state index in [4.69, 9.17) is 19.9 Å². The van der Waals surface area contributed by atoms with Gasteiger partial charge in [0.2, 0.25) is 5.91 Å². The van der Waals surface area contributed by atoms with Gasteiger partial charge in [-0.3, -0.25) is 9.59 Å². The minimum atomic E-state index is -3.77. The third-order valence-corrected chi connectivity index (χ3v) is 9.69. The Kier molecular flexibility index (Phi) is 11.3. The Balaban J connectivity index is 1.82. The van der Waals surface area contributed by atoms with Crippen molar-refractivity contribution in [3.8, 4) is 11.5 Å². The van der Waals surface area contributed by atoms with Crippen molar-refractivity contribution in [2.45, 2.75) is 69.4 Å². The highest BCUT2D eigenvalue weighted by Crippen LogP contribution is 2.35. The minimum absolute atomic E-state index is 0.0308. The normalized spacial score (nSPS) is 12.9. The van der Waals surface area contributed by atoms with Gasteiger partial charge >= 0.3 is 5.97 Å². The number of aromatic nitrogens is 1. The van der Waals surface area contributed by atoms with E-state index in [9.17, 15) is 18.0 Å². The zero-order chi connectivity index (χ0) is 34.3. The number of fused-ring (bicyclic) bond motifs is 1. The topological polar surface area (TPSA) is 159 Å². The molecule has 11 nitrogen and oxygen atoms in total. The molecule has 250 valence electrons. The average molecular weight is 663 g/mol. The van der Waals surface area contributed by atoms with Gasteiger partial charge in [-0.05, 0) is 93.6 Å². The number of ether oxygens (including phenoxy) is 3. The first kappa shape index (κ1) is 35.0. The van der Waals surface area contributed by atoms with Crippen molar-refractivity contribution >= 4 is 44.0 Å². The van der Waals surface area contributed by atoms with Crippen molar-refractivity contribution in [2.24, 2.45) is 0 Å². The molecule has 4 N–H and O–H groups in total. The summed E-state index contributed by atoms with van der Waals surface area (Å²) in [6, 6.07) is 16.8. The van der Waals surface area contributed by atoms with Crippen molar-refractivity contribution in [1.82, 2.24) is 10.3 Å². The number of rotatable bonds is 14. The van der Waals surface area contributed by atoms with Gasteiger partial charge in [0.25, 0.3) is 0 Å². The fraction of sp³-hybridized carbons (Fsp3) is 0.343. The van der Waals surface area contributed by atoms with Crippen LogP contribution in [0.15, 0.2) is 77.8 Å². The van der Waals surface area contributed by atoms with E-state index >= 15 is 0 Å². The van der Waals surface area contributed by atoms with Gasteiger partial charge in [-0.1, -0.05) is 24.3 Å². The standard InChI is InChI=1S/C35H42N4O7S/c1-7-45-30-19-24(12-15-29(30)46-21(2)3)33(38-25-13-14-26-23(18-25)16-17-37-34(26)36)35(41)39-28(20-32(40)44-6)27-10-8-9-11-31(27)47(42,43)22(4)5/h8-19,21-22,28,33,38H,7,20H2,1-6H3,(H2,36,37)(H,39,41)/t28?,33-/m1/s1. The molecule has 0 aliphatic carbocycles. The van der Waals surface area contributed by atoms with E-state index in [2.05, 4.69) is 15.6 Å². The summed E-state index contributed by atoms with van der Waals surface area (Å²) in [4.78, 5) is 31.2. The van der Waals surface area contributed by atoms with E-state index in [1.807, 2.05) is 39.0 Å². The molecule has 4 rings (SSSR count). The molecule has 0 aliphatic rings. The van der Waals surface area contributed by atoms with E-state index in [0.717, 1.165) is 10.8 Å². The number of amides is 1. The molecule has 0 spiro atoms. The molecule has 47 heavy (non-hydrogen) atoms. The average Bonchev–Trinajstić information content (AvgIpc) is 3.04. The van der Waals surface area contributed by atoms with Gasteiger partial charge in [-0.25, -0.2) is 13.4 Å². The lowest BCUT2D eigenvalue weighted by Gasteiger charge is -2.26. The molecule has 0 fully saturated rings. The molecule has 0 bridgehead atoms. The minimum Gasteiger partial charge on any atom is -0.490 e. The number of hydrogen-bond acceptors (Lipinski definition) is 10. The van der Waals surface area contributed by atoms with Crippen LogP contribution in [0.25, 0.3) is 10.8 Å². The van der Waals surface area contributed by atoms with Gasteiger partial charge in [-0.15, -0.1) is 0 Å². The number of nitrogens with zero attached hydrogens (tertiary/aromatic N) is 1. The molecule has 1 heterocycles. The monoisotopic (exact) mass is 662 g/mol. The molecule has 0 aliphatic heterocycles. The molecule has 4 aromatic rings. The Morgan fingerprint density at radius 2 is 1.70 bits per heavy atom. The molecular weight excluding hydrogens is 620 g/mol. The molecule has 1 aromatic heterocycles.